The highest BCUT2D eigenvalue weighted by atomic mass is 79.9. The third-order valence-corrected chi connectivity index (χ3v) is 3.53. The van der Waals surface area contributed by atoms with E-state index in [9.17, 15) is 4.79 Å². The zero-order valence-electron chi connectivity index (χ0n) is 11.6. The molecule has 0 aromatic heterocycles. The Labute approximate surface area is 132 Å². The Balaban J connectivity index is 2.11. The second-order valence-electron chi connectivity index (χ2n) is 4.49. The summed E-state index contributed by atoms with van der Waals surface area (Å²) in [6.07, 6.45) is 0.228. The fraction of sp³-hybridized carbons (Fsp3) is 0.188. The van der Waals surface area contributed by atoms with Crippen LogP contribution in [0.25, 0.3) is 0 Å². The molecule has 0 atom stereocenters. The fourth-order valence-electron chi connectivity index (χ4n) is 1.90. The number of hydrogen-bond donors (Lipinski definition) is 1. The molecular weight excluding hydrogens is 334 g/mol. The summed E-state index contributed by atoms with van der Waals surface area (Å²) in [7, 11) is 1.38. The van der Waals surface area contributed by atoms with Gasteiger partial charge in [-0.25, -0.2) is 0 Å². The number of benzene rings is 2. The van der Waals surface area contributed by atoms with Crippen LogP contribution in [0, 0.1) is 0 Å². The van der Waals surface area contributed by atoms with Crippen LogP contribution in [0.2, 0.25) is 0 Å². The van der Waals surface area contributed by atoms with Gasteiger partial charge in [0.25, 0.3) is 0 Å². The van der Waals surface area contributed by atoms with Gasteiger partial charge in [0.1, 0.15) is 12.4 Å². The first-order chi connectivity index (χ1) is 10.1. The van der Waals surface area contributed by atoms with Crippen molar-refractivity contribution >= 4 is 27.6 Å². The number of esters is 1. The number of anilines is 1. The van der Waals surface area contributed by atoms with E-state index in [1.54, 1.807) is 6.07 Å². The molecule has 4 nitrogen and oxygen atoms in total. The number of carbonyl (C=O) groups is 1. The minimum Gasteiger partial charge on any atom is -0.487 e. The average Bonchev–Trinajstić information content (AvgIpc) is 2.47. The Hall–Kier alpha value is -2.01. The molecule has 21 heavy (non-hydrogen) atoms. The van der Waals surface area contributed by atoms with Crippen LogP contribution in [0.3, 0.4) is 0 Å². The van der Waals surface area contributed by atoms with Crippen molar-refractivity contribution in [2.24, 2.45) is 0 Å². The molecule has 0 spiro atoms. The van der Waals surface area contributed by atoms with Gasteiger partial charge in [-0.2, -0.15) is 0 Å². The molecule has 0 aliphatic heterocycles. The number of methoxy groups -OCH3 is 1. The van der Waals surface area contributed by atoms with Crippen molar-refractivity contribution in [2.75, 3.05) is 12.8 Å². The van der Waals surface area contributed by atoms with Gasteiger partial charge in [-0.1, -0.05) is 40.2 Å². The topological polar surface area (TPSA) is 61.5 Å². The molecule has 0 radical (unpaired) electrons. The normalized spacial score (nSPS) is 10.2. The van der Waals surface area contributed by atoms with Gasteiger partial charge in [0.05, 0.1) is 19.2 Å². The first-order valence-corrected chi connectivity index (χ1v) is 7.21. The summed E-state index contributed by atoms with van der Waals surface area (Å²) >= 11 is 3.35. The summed E-state index contributed by atoms with van der Waals surface area (Å²) in [5.41, 5.74) is 8.29. The molecule has 2 aromatic rings. The van der Waals surface area contributed by atoms with E-state index in [4.69, 9.17) is 15.2 Å². The molecule has 0 bridgehead atoms. The number of nitrogens with two attached hydrogens (primary N) is 1. The molecule has 0 aliphatic carbocycles. The second kappa shape index (κ2) is 7.13. The van der Waals surface area contributed by atoms with Gasteiger partial charge in [-0.05, 0) is 29.3 Å². The van der Waals surface area contributed by atoms with Crippen molar-refractivity contribution in [3.63, 3.8) is 0 Å². The number of carbonyl (C=O) groups excluding carboxylic acids is 1. The van der Waals surface area contributed by atoms with E-state index in [-0.39, 0.29) is 12.4 Å². The summed E-state index contributed by atoms with van der Waals surface area (Å²) in [5.74, 6) is 0.344. The molecule has 0 amide bonds. The quantitative estimate of drug-likeness (QED) is 0.664. The number of hydrogen-bond acceptors (Lipinski definition) is 4. The molecule has 0 fully saturated rings. The first-order valence-electron chi connectivity index (χ1n) is 6.41. The minimum atomic E-state index is -0.273. The highest BCUT2D eigenvalue weighted by Gasteiger charge is 2.09. The summed E-state index contributed by atoms with van der Waals surface area (Å²) < 4.78 is 11.3. The van der Waals surface area contributed by atoms with Crippen molar-refractivity contribution in [3.8, 4) is 5.75 Å². The third-order valence-electron chi connectivity index (χ3n) is 3.04. The highest BCUT2D eigenvalue weighted by Crippen LogP contribution is 2.26. The van der Waals surface area contributed by atoms with Gasteiger partial charge in [0.15, 0.2) is 0 Å². The predicted molar refractivity (Wildman–Crippen MR) is 85.0 cm³/mol. The SMILES string of the molecule is COC(=O)Cc1ccccc1COc1ccc(Br)cc1N. The maximum Gasteiger partial charge on any atom is 0.309 e. The highest BCUT2D eigenvalue weighted by molar-refractivity contribution is 9.10. The van der Waals surface area contributed by atoms with Crippen LogP contribution in [0.1, 0.15) is 11.1 Å². The largest absolute Gasteiger partial charge is 0.487 e. The summed E-state index contributed by atoms with van der Waals surface area (Å²) in [5, 5.41) is 0. The molecule has 0 saturated heterocycles. The van der Waals surface area contributed by atoms with Crippen molar-refractivity contribution in [3.05, 3.63) is 58.1 Å². The van der Waals surface area contributed by atoms with E-state index in [1.807, 2.05) is 36.4 Å². The monoisotopic (exact) mass is 349 g/mol. The van der Waals surface area contributed by atoms with E-state index >= 15 is 0 Å². The zero-order valence-corrected chi connectivity index (χ0v) is 13.2. The molecule has 2 N–H and O–H groups in total. The van der Waals surface area contributed by atoms with Crippen LogP contribution in [0.4, 0.5) is 5.69 Å². The Morgan fingerprint density at radius 3 is 2.57 bits per heavy atom. The van der Waals surface area contributed by atoms with E-state index in [2.05, 4.69) is 15.9 Å². The van der Waals surface area contributed by atoms with Crippen LogP contribution in [0.15, 0.2) is 46.9 Å². The van der Waals surface area contributed by atoms with Gasteiger partial charge in [-0.3, -0.25) is 4.79 Å². The summed E-state index contributed by atoms with van der Waals surface area (Å²) in [6, 6.07) is 13.1. The predicted octanol–water partition coefficient (Wildman–Crippen LogP) is 3.33. The van der Waals surface area contributed by atoms with Gasteiger partial charge in [0.2, 0.25) is 0 Å². The average molecular weight is 350 g/mol. The number of rotatable bonds is 5. The second-order valence-corrected chi connectivity index (χ2v) is 5.41. The van der Waals surface area contributed by atoms with Crippen molar-refractivity contribution < 1.29 is 14.3 Å². The van der Waals surface area contributed by atoms with Gasteiger partial charge >= 0.3 is 5.97 Å². The lowest BCUT2D eigenvalue weighted by Gasteiger charge is -2.12. The number of halogens is 1. The Kier molecular flexibility index (Phi) is 5.22. The van der Waals surface area contributed by atoms with Crippen molar-refractivity contribution in [1.29, 1.82) is 0 Å². The molecule has 0 unspecified atom stereocenters. The van der Waals surface area contributed by atoms with Crippen LogP contribution in [-0.2, 0) is 22.6 Å². The molecule has 5 heteroatoms. The molecule has 2 rings (SSSR count). The summed E-state index contributed by atoms with van der Waals surface area (Å²) in [4.78, 5) is 11.4. The standard InChI is InChI=1S/C16H16BrNO3/c1-20-16(19)8-11-4-2-3-5-12(11)10-21-15-7-6-13(17)9-14(15)18/h2-7,9H,8,10,18H2,1H3. The van der Waals surface area contributed by atoms with Crippen molar-refractivity contribution in [2.45, 2.75) is 13.0 Å². The number of nitrogen functional groups attached to an aromatic ring is 1. The lowest BCUT2D eigenvalue weighted by atomic mass is 10.1. The molecule has 0 aliphatic rings. The molecular formula is C16H16BrNO3. The maximum atomic E-state index is 11.4. The maximum absolute atomic E-state index is 11.4. The van der Waals surface area contributed by atoms with Crippen LogP contribution in [-0.4, -0.2) is 13.1 Å². The van der Waals surface area contributed by atoms with E-state index in [0.29, 0.717) is 18.0 Å². The summed E-state index contributed by atoms with van der Waals surface area (Å²) in [6.45, 7) is 0.346. The fourth-order valence-corrected chi connectivity index (χ4v) is 2.28. The molecule has 110 valence electrons. The lowest BCUT2D eigenvalue weighted by molar-refractivity contribution is -0.139. The van der Waals surface area contributed by atoms with Gasteiger partial charge in [0, 0.05) is 4.47 Å². The van der Waals surface area contributed by atoms with Crippen molar-refractivity contribution in [1.82, 2.24) is 0 Å². The third kappa shape index (κ3) is 4.23. The van der Waals surface area contributed by atoms with Gasteiger partial charge < -0.3 is 15.2 Å². The smallest absolute Gasteiger partial charge is 0.309 e. The molecule has 2 aromatic carbocycles. The Morgan fingerprint density at radius 2 is 1.90 bits per heavy atom. The van der Waals surface area contributed by atoms with Crippen LogP contribution in [0.5, 0.6) is 5.75 Å². The first kappa shape index (κ1) is 15.4. The van der Waals surface area contributed by atoms with Crippen LogP contribution < -0.4 is 10.5 Å². The van der Waals surface area contributed by atoms with E-state index in [0.717, 1.165) is 15.6 Å². The van der Waals surface area contributed by atoms with Crippen LogP contribution >= 0.6 is 15.9 Å². The minimum absolute atomic E-state index is 0.228. The van der Waals surface area contributed by atoms with Gasteiger partial charge in [-0.15, -0.1) is 0 Å². The number of ether oxygens (including phenoxy) is 2. The van der Waals surface area contributed by atoms with E-state index in [1.165, 1.54) is 7.11 Å². The lowest BCUT2D eigenvalue weighted by Crippen LogP contribution is -2.08. The molecule has 0 saturated carbocycles. The Bertz CT molecular complexity index is 643. The molecule has 0 heterocycles. The zero-order chi connectivity index (χ0) is 15.2. The Morgan fingerprint density at radius 1 is 1.19 bits per heavy atom. The van der Waals surface area contributed by atoms with E-state index < -0.39 is 0 Å².